The molecule has 1 aliphatic heterocycles. The van der Waals surface area contributed by atoms with Crippen LogP contribution in [0.5, 0.6) is 5.88 Å². The number of rotatable bonds is 3. The number of halogens is 1. The van der Waals surface area contributed by atoms with E-state index in [2.05, 4.69) is 15.2 Å². The van der Waals surface area contributed by atoms with E-state index in [1.54, 1.807) is 24.0 Å². The van der Waals surface area contributed by atoms with Crippen molar-refractivity contribution in [1.82, 2.24) is 15.2 Å². The second-order valence-electron chi connectivity index (χ2n) is 6.11. The zero-order valence-corrected chi connectivity index (χ0v) is 16.1. The van der Waals surface area contributed by atoms with Gasteiger partial charge < -0.3 is 4.74 Å². The number of para-hydroxylation sites is 1. The number of aromatic nitrogens is 3. The molecule has 0 bridgehead atoms. The van der Waals surface area contributed by atoms with Crippen LogP contribution in [-0.2, 0) is 4.79 Å². The minimum Gasteiger partial charge on any atom is -0.447 e. The van der Waals surface area contributed by atoms with E-state index in [-0.39, 0.29) is 24.0 Å². The largest absolute Gasteiger partial charge is 0.447 e. The fourth-order valence-corrected chi connectivity index (χ4v) is 3.38. The normalized spacial score (nSPS) is 15.2. The molecule has 2 heterocycles. The summed E-state index contributed by atoms with van der Waals surface area (Å²) in [5.74, 6) is -0.208. The van der Waals surface area contributed by atoms with Crippen LogP contribution in [0.2, 0.25) is 0 Å². The highest BCUT2D eigenvalue weighted by Gasteiger charge is 2.35. The van der Waals surface area contributed by atoms with E-state index < -0.39 is 6.23 Å². The van der Waals surface area contributed by atoms with E-state index in [0.717, 1.165) is 0 Å². The van der Waals surface area contributed by atoms with Crippen LogP contribution in [0.1, 0.15) is 25.1 Å². The van der Waals surface area contributed by atoms with Crippen LogP contribution in [0.15, 0.2) is 53.7 Å². The van der Waals surface area contributed by atoms with Crippen LogP contribution in [0.4, 0.5) is 10.1 Å². The quantitative estimate of drug-likeness (QED) is 0.617. The van der Waals surface area contributed by atoms with Gasteiger partial charge in [-0.15, -0.1) is 10.2 Å². The molecule has 2 aromatic carbocycles. The summed E-state index contributed by atoms with van der Waals surface area (Å²) < 4.78 is 19.7. The number of hydrogen-bond donors (Lipinski definition) is 0. The van der Waals surface area contributed by atoms with Gasteiger partial charge in [-0.2, -0.15) is 4.98 Å². The molecule has 1 aliphatic rings. The number of amides is 1. The van der Waals surface area contributed by atoms with E-state index in [0.29, 0.717) is 27.7 Å². The molecular weight excluding hydrogens is 379 g/mol. The number of benzene rings is 2. The van der Waals surface area contributed by atoms with Crippen LogP contribution in [-0.4, -0.2) is 27.3 Å². The average molecular weight is 396 g/mol. The molecule has 28 heavy (non-hydrogen) atoms. The van der Waals surface area contributed by atoms with Crippen LogP contribution in [0.25, 0.3) is 11.3 Å². The fourth-order valence-electron chi connectivity index (χ4n) is 3.08. The molecule has 1 amide bonds. The molecule has 6 nitrogen and oxygen atoms in total. The van der Waals surface area contributed by atoms with E-state index >= 15 is 0 Å². The Kier molecular flexibility index (Phi) is 4.95. The molecular formula is C20H17FN4O2S. The topological polar surface area (TPSA) is 68.2 Å². The predicted octanol–water partition coefficient (Wildman–Crippen LogP) is 4.23. The van der Waals surface area contributed by atoms with Gasteiger partial charge in [0, 0.05) is 17.5 Å². The van der Waals surface area contributed by atoms with Gasteiger partial charge in [0.05, 0.1) is 5.69 Å². The first kappa shape index (κ1) is 18.4. The highest BCUT2D eigenvalue weighted by molar-refractivity contribution is 7.98. The summed E-state index contributed by atoms with van der Waals surface area (Å²) >= 11 is 1.35. The molecule has 0 radical (unpaired) electrons. The van der Waals surface area contributed by atoms with Crippen molar-refractivity contribution >= 4 is 23.4 Å². The third kappa shape index (κ3) is 3.20. The van der Waals surface area contributed by atoms with Gasteiger partial charge in [-0.1, -0.05) is 49.0 Å². The van der Waals surface area contributed by atoms with Crippen molar-refractivity contribution in [2.75, 3.05) is 11.2 Å². The molecule has 1 aromatic heterocycles. The summed E-state index contributed by atoms with van der Waals surface area (Å²) in [5.41, 5.74) is 2.45. The van der Waals surface area contributed by atoms with Crippen molar-refractivity contribution in [3.8, 4) is 17.1 Å². The molecule has 0 spiro atoms. The number of fused-ring (bicyclic) bond motifs is 3. The van der Waals surface area contributed by atoms with E-state index in [1.807, 2.05) is 30.5 Å². The van der Waals surface area contributed by atoms with Gasteiger partial charge in [-0.25, -0.2) is 4.39 Å². The van der Waals surface area contributed by atoms with Crippen molar-refractivity contribution in [3.63, 3.8) is 0 Å². The van der Waals surface area contributed by atoms with Gasteiger partial charge in [0.2, 0.25) is 23.2 Å². The molecule has 1 atom stereocenters. The number of anilines is 1. The van der Waals surface area contributed by atoms with Crippen LogP contribution in [0, 0.1) is 5.82 Å². The summed E-state index contributed by atoms with van der Waals surface area (Å²) in [7, 11) is 0. The second kappa shape index (κ2) is 7.55. The van der Waals surface area contributed by atoms with Gasteiger partial charge in [0.25, 0.3) is 0 Å². The van der Waals surface area contributed by atoms with E-state index in [1.165, 1.54) is 23.9 Å². The summed E-state index contributed by atoms with van der Waals surface area (Å²) in [6.07, 6.45) is 1.32. The molecule has 0 N–H and O–H groups in total. The summed E-state index contributed by atoms with van der Waals surface area (Å²) in [6, 6.07) is 13.3. The van der Waals surface area contributed by atoms with Gasteiger partial charge in [0.1, 0.15) is 5.82 Å². The minimum absolute atomic E-state index is 0.132. The van der Waals surface area contributed by atoms with Gasteiger partial charge in [0.15, 0.2) is 5.69 Å². The summed E-state index contributed by atoms with van der Waals surface area (Å²) in [6.45, 7) is 1.79. The highest BCUT2D eigenvalue weighted by Crippen LogP contribution is 2.43. The molecule has 0 aliphatic carbocycles. The molecule has 142 valence electrons. The van der Waals surface area contributed by atoms with Crippen molar-refractivity contribution in [2.45, 2.75) is 24.7 Å². The Labute approximate surface area is 165 Å². The number of thioether (sulfide) groups is 1. The van der Waals surface area contributed by atoms with E-state index in [9.17, 15) is 9.18 Å². The molecule has 0 unspecified atom stereocenters. The Morgan fingerprint density at radius 2 is 1.93 bits per heavy atom. The monoisotopic (exact) mass is 396 g/mol. The number of ether oxygens (including phenoxy) is 1. The minimum atomic E-state index is -0.804. The zero-order valence-electron chi connectivity index (χ0n) is 15.3. The number of nitrogens with zero attached hydrogens (tertiary/aromatic N) is 4. The maximum atomic E-state index is 13.5. The van der Waals surface area contributed by atoms with Crippen LogP contribution >= 0.6 is 11.8 Å². The fraction of sp³-hybridized carbons (Fsp3) is 0.200. The Balaban J connectivity index is 1.96. The van der Waals surface area contributed by atoms with Crippen LogP contribution < -0.4 is 9.64 Å². The lowest BCUT2D eigenvalue weighted by Gasteiger charge is -2.30. The SMILES string of the molecule is CCC(=O)N1c2ccccc2-c2nnc(SC)nc2O[C@H]1c1ccc(F)cc1. The molecule has 0 fully saturated rings. The maximum absolute atomic E-state index is 13.5. The number of carbonyl (C=O) groups excluding carboxylic acids is 1. The smallest absolute Gasteiger partial charge is 0.247 e. The Morgan fingerprint density at radius 3 is 2.64 bits per heavy atom. The molecule has 0 saturated heterocycles. The lowest BCUT2D eigenvalue weighted by molar-refractivity contribution is -0.120. The van der Waals surface area contributed by atoms with E-state index in [4.69, 9.17) is 4.74 Å². The maximum Gasteiger partial charge on any atom is 0.247 e. The molecule has 3 aromatic rings. The lowest BCUT2D eigenvalue weighted by atomic mass is 10.1. The van der Waals surface area contributed by atoms with Gasteiger partial charge in [-0.3, -0.25) is 9.69 Å². The number of hydrogen-bond acceptors (Lipinski definition) is 6. The molecule has 0 saturated carbocycles. The predicted molar refractivity (Wildman–Crippen MR) is 105 cm³/mol. The molecule has 4 rings (SSSR count). The Morgan fingerprint density at radius 1 is 1.18 bits per heavy atom. The first-order valence-corrected chi connectivity index (χ1v) is 9.97. The number of carbonyl (C=O) groups is 1. The van der Waals surface area contributed by atoms with Crippen LogP contribution in [0.3, 0.4) is 0 Å². The summed E-state index contributed by atoms with van der Waals surface area (Å²) in [5, 5.41) is 8.88. The van der Waals surface area contributed by atoms with Crippen molar-refractivity contribution in [3.05, 3.63) is 59.9 Å². The Hall–Kier alpha value is -3.00. The zero-order chi connectivity index (χ0) is 19.7. The lowest BCUT2D eigenvalue weighted by Crippen LogP contribution is -2.37. The highest BCUT2D eigenvalue weighted by atomic mass is 32.2. The van der Waals surface area contributed by atoms with Gasteiger partial charge in [-0.05, 0) is 24.5 Å². The van der Waals surface area contributed by atoms with Crippen molar-refractivity contribution in [2.24, 2.45) is 0 Å². The summed E-state index contributed by atoms with van der Waals surface area (Å²) in [4.78, 5) is 19.0. The first-order valence-electron chi connectivity index (χ1n) is 8.74. The Bertz CT molecular complexity index is 1030. The van der Waals surface area contributed by atoms with Crippen molar-refractivity contribution < 1.29 is 13.9 Å². The van der Waals surface area contributed by atoms with Crippen molar-refractivity contribution in [1.29, 1.82) is 0 Å². The third-order valence-electron chi connectivity index (χ3n) is 4.42. The standard InChI is InChI=1S/C20H17FN4O2S/c1-3-16(26)25-15-7-5-4-6-14(15)17-18(22-20(28-2)24-23-17)27-19(25)12-8-10-13(21)11-9-12/h4-11,19H,3H2,1-2H3/t19-/m0/s1. The molecule has 8 heteroatoms. The van der Waals surface area contributed by atoms with Gasteiger partial charge >= 0.3 is 0 Å². The third-order valence-corrected chi connectivity index (χ3v) is 4.96. The second-order valence-corrected chi connectivity index (χ2v) is 6.88. The average Bonchev–Trinajstić information content (AvgIpc) is 2.88. The first-order chi connectivity index (χ1) is 13.6.